The smallest absolute Gasteiger partial charge is 0.261 e. The van der Waals surface area contributed by atoms with Crippen LogP contribution >= 0.6 is 27.3 Å². The predicted octanol–water partition coefficient (Wildman–Crippen LogP) is 2.84. The van der Waals surface area contributed by atoms with Crippen LogP contribution in [0.3, 0.4) is 0 Å². The number of oxime groups is 1. The summed E-state index contributed by atoms with van der Waals surface area (Å²) in [6, 6.07) is 8.98. The molecule has 2 rings (SSSR count). The maximum atomic E-state index is 12.0. The molecule has 1 amide bonds. The fourth-order valence-electron chi connectivity index (χ4n) is 1.69. The molecule has 5 nitrogen and oxygen atoms in total. The van der Waals surface area contributed by atoms with Crippen molar-refractivity contribution < 1.29 is 10.0 Å². The number of carbonyl (C=O) groups excluding carboxylic acids is 1. The highest BCUT2D eigenvalue weighted by Gasteiger charge is 2.10. The summed E-state index contributed by atoms with van der Waals surface area (Å²) in [6.45, 7) is 2.37. The van der Waals surface area contributed by atoms with Crippen molar-refractivity contribution in [2.24, 2.45) is 10.9 Å². The van der Waals surface area contributed by atoms with E-state index in [0.717, 1.165) is 14.9 Å². The van der Waals surface area contributed by atoms with E-state index in [0.29, 0.717) is 17.0 Å². The molecule has 0 radical (unpaired) electrons. The van der Waals surface area contributed by atoms with Crippen LogP contribution in [0.25, 0.3) is 0 Å². The molecule has 1 aromatic carbocycles. The number of amidine groups is 1. The maximum absolute atomic E-state index is 12.0. The van der Waals surface area contributed by atoms with Crippen LogP contribution in [0.15, 0.2) is 39.3 Å². The van der Waals surface area contributed by atoms with Gasteiger partial charge in [-0.25, -0.2) is 0 Å². The molecular weight excluding hydrogens is 354 g/mol. The van der Waals surface area contributed by atoms with E-state index >= 15 is 0 Å². The molecule has 1 aromatic heterocycles. The van der Waals surface area contributed by atoms with Crippen molar-refractivity contribution in [1.82, 2.24) is 5.32 Å². The molecule has 0 saturated heterocycles. The average molecular weight is 368 g/mol. The fraction of sp³-hybridized carbons (Fsp3) is 0.143. The second-order valence-corrected chi connectivity index (χ2v) is 6.80. The Hall–Kier alpha value is -1.86. The van der Waals surface area contributed by atoms with Crippen LogP contribution < -0.4 is 11.1 Å². The summed E-state index contributed by atoms with van der Waals surface area (Å²) in [4.78, 5) is 12.7. The standard InChI is InChI=1S/C14H14BrN3O2S/c1-8-6-11(21-12(8)15)14(19)17-7-9-2-4-10(5-3-9)13(16)18-20/h2-6,20H,7H2,1H3,(H2,16,18)(H,17,19). The highest BCUT2D eigenvalue weighted by molar-refractivity contribution is 9.11. The Balaban J connectivity index is 1.98. The van der Waals surface area contributed by atoms with E-state index in [4.69, 9.17) is 10.9 Å². The molecule has 0 bridgehead atoms. The minimum absolute atomic E-state index is 0.0597. The van der Waals surface area contributed by atoms with Crippen molar-refractivity contribution in [1.29, 1.82) is 0 Å². The summed E-state index contributed by atoms with van der Waals surface area (Å²) in [5.41, 5.74) is 8.10. The monoisotopic (exact) mass is 367 g/mol. The van der Waals surface area contributed by atoms with Gasteiger partial charge in [0.15, 0.2) is 5.84 Å². The molecule has 7 heteroatoms. The van der Waals surface area contributed by atoms with Gasteiger partial charge in [-0.2, -0.15) is 0 Å². The first kappa shape index (κ1) is 15.5. The SMILES string of the molecule is Cc1cc(C(=O)NCc2ccc(/C(N)=N/O)cc2)sc1Br. The number of benzene rings is 1. The molecule has 1 heterocycles. The van der Waals surface area contributed by atoms with Gasteiger partial charge in [0, 0.05) is 12.1 Å². The molecule has 21 heavy (non-hydrogen) atoms. The van der Waals surface area contributed by atoms with Gasteiger partial charge in [0.2, 0.25) is 0 Å². The molecule has 110 valence electrons. The maximum Gasteiger partial charge on any atom is 0.261 e. The molecule has 4 N–H and O–H groups in total. The summed E-state index contributed by atoms with van der Waals surface area (Å²) < 4.78 is 0.968. The number of amides is 1. The summed E-state index contributed by atoms with van der Waals surface area (Å²) >= 11 is 4.82. The van der Waals surface area contributed by atoms with E-state index < -0.39 is 0 Å². The topological polar surface area (TPSA) is 87.7 Å². The van der Waals surface area contributed by atoms with Gasteiger partial charge in [-0.05, 0) is 40.0 Å². The van der Waals surface area contributed by atoms with Crippen molar-refractivity contribution >= 4 is 39.0 Å². The Morgan fingerprint density at radius 1 is 1.43 bits per heavy atom. The van der Waals surface area contributed by atoms with Crippen molar-refractivity contribution in [2.45, 2.75) is 13.5 Å². The number of carbonyl (C=O) groups is 1. The number of thiophene rings is 1. The minimum atomic E-state index is -0.102. The van der Waals surface area contributed by atoms with Gasteiger partial charge in [-0.3, -0.25) is 4.79 Å². The quantitative estimate of drug-likeness (QED) is 0.336. The number of rotatable bonds is 4. The second-order valence-electron chi connectivity index (χ2n) is 4.43. The summed E-state index contributed by atoms with van der Waals surface area (Å²) in [7, 11) is 0. The van der Waals surface area contributed by atoms with E-state index in [9.17, 15) is 4.79 Å². The summed E-state index contributed by atoms with van der Waals surface area (Å²) in [6.07, 6.45) is 0. The summed E-state index contributed by atoms with van der Waals surface area (Å²) in [5, 5.41) is 14.4. The molecule has 0 aliphatic carbocycles. The van der Waals surface area contributed by atoms with E-state index in [1.807, 2.05) is 25.1 Å². The van der Waals surface area contributed by atoms with Crippen LogP contribution in [0.4, 0.5) is 0 Å². The molecule has 2 aromatic rings. The van der Waals surface area contributed by atoms with Crippen molar-refractivity contribution in [2.75, 3.05) is 0 Å². The first-order chi connectivity index (χ1) is 10.0. The highest BCUT2D eigenvalue weighted by Crippen LogP contribution is 2.27. The number of hydrogen-bond donors (Lipinski definition) is 3. The zero-order valence-electron chi connectivity index (χ0n) is 11.3. The van der Waals surface area contributed by atoms with Crippen LogP contribution in [-0.4, -0.2) is 17.0 Å². The van der Waals surface area contributed by atoms with E-state index in [-0.39, 0.29) is 11.7 Å². The first-order valence-corrected chi connectivity index (χ1v) is 7.73. The number of aryl methyl sites for hydroxylation is 1. The first-order valence-electron chi connectivity index (χ1n) is 6.12. The Bertz CT molecular complexity index is 661. The lowest BCUT2D eigenvalue weighted by molar-refractivity contribution is 0.0955. The zero-order valence-corrected chi connectivity index (χ0v) is 13.7. The average Bonchev–Trinajstić information content (AvgIpc) is 2.84. The van der Waals surface area contributed by atoms with Crippen LogP contribution in [-0.2, 0) is 6.54 Å². The highest BCUT2D eigenvalue weighted by atomic mass is 79.9. The van der Waals surface area contributed by atoms with Crippen molar-refractivity contribution in [3.63, 3.8) is 0 Å². The Morgan fingerprint density at radius 2 is 2.10 bits per heavy atom. The molecule has 0 unspecified atom stereocenters. The molecule has 0 spiro atoms. The van der Waals surface area contributed by atoms with Crippen molar-refractivity contribution in [3.05, 3.63) is 55.7 Å². The predicted molar refractivity (Wildman–Crippen MR) is 86.9 cm³/mol. The number of halogens is 1. The van der Waals surface area contributed by atoms with Gasteiger partial charge in [0.05, 0.1) is 8.66 Å². The lowest BCUT2D eigenvalue weighted by atomic mass is 10.1. The Kier molecular flexibility index (Phi) is 4.98. The van der Waals surface area contributed by atoms with Gasteiger partial charge in [-0.1, -0.05) is 29.4 Å². The fourth-order valence-corrected chi connectivity index (χ4v) is 3.14. The van der Waals surface area contributed by atoms with Gasteiger partial charge in [-0.15, -0.1) is 11.3 Å². The van der Waals surface area contributed by atoms with Crippen LogP contribution in [0, 0.1) is 6.92 Å². The second kappa shape index (κ2) is 6.73. The van der Waals surface area contributed by atoms with E-state index in [1.54, 1.807) is 12.1 Å². The lowest BCUT2D eigenvalue weighted by Crippen LogP contribution is -2.22. The summed E-state index contributed by atoms with van der Waals surface area (Å²) in [5.74, 6) is -0.0428. The molecular formula is C14H14BrN3O2S. The number of nitrogens with two attached hydrogens (primary N) is 1. The molecule has 0 atom stereocenters. The van der Waals surface area contributed by atoms with Gasteiger partial charge in [0.25, 0.3) is 5.91 Å². The Labute approximate surface area is 134 Å². The van der Waals surface area contributed by atoms with Gasteiger partial charge < -0.3 is 16.3 Å². The third-order valence-electron chi connectivity index (χ3n) is 2.89. The van der Waals surface area contributed by atoms with E-state index in [1.165, 1.54) is 11.3 Å². The number of nitrogens with zero attached hydrogens (tertiary/aromatic N) is 1. The van der Waals surface area contributed by atoms with Gasteiger partial charge in [0.1, 0.15) is 0 Å². The third kappa shape index (κ3) is 3.83. The molecule has 0 saturated carbocycles. The largest absolute Gasteiger partial charge is 0.409 e. The number of nitrogens with one attached hydrogen (secondary N) is 1. The normalized spacial score (nSPS) is 11.4. The molecule has 0 fully saturated rings. The van der Waals surface area contributed by atoms with Crippen LogP contribution in [0.2, 0.25) is 0 Å². The third-order valence-corrected chi connectivity index (χ3v) is 5.03. The van der Waals surface area contributed by atoms with Crippen LogP contribution in [0.5, 0.6) is 0 Å². The lowest BCUT2D eigenvalue weighted by Gasteiger charge is -2.05. The molecule has 0 aliphatic heterocycles. The Morgan fingerprint density at radius 3 is 2.62 bits per heavy atom. The van der Waals surface area contributed by atoms with Crippen molar-refractivity contribution in [3.8, 4) is 0 Å². The molecule has 0 aliphatic rings. The number of hydrogen-bond acceptors (Lipinski definition) is 4. The van der Waals surface area contributed by atoms with E-state index in [2.05, 4.69) is 26.4 Å². The zero-order chi connectivity index (χ0) is 15.4. The van der Waals surface area contributed by atoms with Gasteiger partial charge >= 0.3 is 0 Å². The van der Waals surface area contributed by atoms with Crippen LogP contribution in [0.1, 0.15) is 26.4 Å². The minimum Gasteiger partial charge on any atom is -0.409 e.